The van der Waals surface area contributed by atoms with Crippen LogP contribution in [0.4, 0.5) is 0 Å². The van der Waals surface area contributed by atoms with Crippen LogP contribution in [0, 0.1) is 23.7 Å². The Hall–Kier alpha value is -3.96. The van der Waals surface area contributed by atoms with E-state index in [1.54, 1.807) is 32.3 Å². The van der Waals surface area contributed by atoms with Crippen LogP contribution in [0.15, 0.2) is 30.5 Å². The molecule has 0 radical (unpaired) electrons. The first kappa shape index (κ1) is 25.7. The van der Waals surface area contributed by atoms with E-state index in [0.717, 1.165) is 0 Å². The fraction of sp³-hybridized carbons (Fsp3) is 0.407. The summed E-state index contributed by atoms with van der Waals surface area (Å²) in [6.45, 7) is 0. The predicted octanol–water partition coefficient (Wildman–Crippen LogP) is -0.0624. The number of carbonyl (C=O) groups is 5. The monoisotopic (exact) mass is 521 g/mol. The molecule has 3 aliphatic carbocycles. The molecule has 2 saturated carbocycles. The number of benzene rings is 1. The molecule has 0 saturated heterocycles. The number of nitrogens with zero attached hydrogens (tertiary/aromatic N) is 2. The SMILES string of the molecule is COc1ccc(-c2ccc(O)c3c2C[C@H]2C[C@H]4[C@H](N(C)C)C(=O)C(C(N)=O)C(=O)[C@@]4(O)C(=O)C2C3=O)nc1. The number of phenols is 1. The van der Waals surface area contributed by atoms with Crippen LogP contribution in [0.3, 0.4) is 0 Å². The third kappa shape index (κ3) is 3.42. The Kier molecular flexibility index (Phi) is 5.96. The van der Waals surface area contributed by atoms with E-state index >= 15 is 0 Å². The van der Waals surface area contributed by atoms with Gasteiger partial charge in [-0.1, -0.05) is 0 Å². The van der Waals surface area contributed by atoms with Gasteiger partial charge in [0.25, 0.3) is 0 Å². The van der Waals surface area contributed by atoms with E-state index < -0.39 is 64.4 Å². The first-order valence-corrected chi connectivity index (χ1v) is 12.1. The maximum absolute atomic E-state index is 13.8. The summed E-state index contributed by atoms with van der Waals surface area (Å²) < 4.78 is 5.16. The van der Waals surface area contributed by atoms with E-state index in [-0.39, 0.29) is 24.2 Å². The van der Waals surface area contributed by atoms with Gasteiger partial charge in [0.2, 0.25) is 5.91 Å². The van der Waals surface area contributed by atoms with Gasteiger partial charge in [-0.2, -0.15) is 0 Å². The highest BCUT2D eigenvalue weighted by molar-refractivity contribution is 6.32. The smallest absolute Gasteiger partial charge is 0.235 e. The van der Waals surface area contributed by atoms with Gasteiger partial charge in [0.15, 0.2) is 34.7 Å². The van der Waals surface area contributed by atoms with Gasteiger partial charge in [-0.05, 0) is 62.7 Å². The van der Waals surface area contributed by atoms with Gasteiger partial charge in [-0.25, -0.2) is 0 Å². The van der Waals surface area contributed by atoms with Gasteiger partial charge < -0.3 is 20.7 Å². The van der Waals surface area contributed by atoms with Gasteiger partial charge >= 0.3 is 0 Å². The lowest BCUT2D eigenvalue weighted by Crippen LogP contribution is -2.74. The number of methoxy groups -OCH3 is 1. The van der Waals surface area contributed by atoms with E-state index in [4.69, 9.17) is 10.5 Å². The lowest BCUT2D eigenvalue weighted by atomic mass is 9.52. The normalized spacial score (nSPS) is 30.5. The second-order valence-electron chi connectivity index (χ2n) is 10.4. The number of pyridine rings is 1. The summed E-state index contributed by atoms with van der Waals surface area (Å²) in [7, 11) is 4.59. The first-order chi connectivity index (χ1) is 17.9. The van der Waals surface area contributed by atoms with Crippen molar-refractivity contribution in [3.8, 4) is 22.8 Å². The fourth-order valence-electron chi connectivity index (χ4n) is 6.51. The minimum absolute atomic E-state index is 0.0188. The number of rotatable bonds is 4. The number of ketones is 4. The molecule has 11 nitrogen and oxygen atoms in total. The molecule has 2 aromatic rings. The third-order valence-corrected chi connectivity index (χ3v) is 8.19. The molecule has 1 amide bonds. The molecule has 38 heavy (non-hydrogen) atoms. The number of hydrogen-bond donors (Lipinski definition) is 3. The fourth-order valence-corrected chi connectivity index (χ4v) is 6.51. The van der Waals surface area contributed by atoms with E-state index in [1.165, 1.54) is 24.3 Å². The van der Waals surface area contributed by atoms with Crippen LogP contribution in [-0.4, -0.2) is 82.0 Å². The summed E-state index contributed by atoms with van der Waals surface area (Å²) in [5.74, 6) is -10.2. The van der Waals surface area contributed by atoms with Gasteiger partial charge in [0.1, 0.15) is 11.5 Å². The highest BCUT2D eigenvalue weighted by Gasteiger charge is 2.69. The summed E-state index contributed by atoms with van der Waals surface area (Å²) in [6.07, 6.45) is 1.65. The molecule has 0 aliphatic heterocycles. The van der Waals surface area contributed by atoms with Crippen LogP contribution in [0.5, 0.6) is 11.5 Å². The van der Waals surface area contributed by atoms with Crippen molar-refractivity contribution in [1.82, 2.24) is 9.88 Å². The van der Waals surface area contributed by atoms with Crippen molar-refractivity contribution >= 4 is 29.0 Å². The highest BCUT2D eigenvalue weighted by Crippen LogP contribution is 2.51. The molecule has 11 heteroatoms. The van der Waals surface area contributed by atoms with Crippen LogP contribution in [0.25, 0.3) is 11.3 Å². The van der Waals surface area contributed by atoms with Crippen molar-refractivity contribution in [2.24, 2.45) is 29.4 Å². The number of Topliss-reactive ketones (excluding diaryl/α,β-unsaturated/α-hetero) is 4. The van der Waals surface area contributed by atoms with Crippen LogP contribution in [0.1, 0.15) is 22.3 Å². The average Bonchev–Trinajstić information content (AvgIpc) is 2.86. The molecule has 3 aliphatic rings. The number of phenolic OH excluding ortho intramolecular Hbond substituents is 1. The Bertz CT molecular complexity index is 1400. The average molecular weight is 522 g/mol. The Morgan fingerprint density at radius 1 is 1.13 bits per heavy atom. The van der Waals surface area contributed by atoms with E-state index in [2.05, 4.69) is 4.98 Å². The summed E-state index contributed by atoms with van der Waals surface area (Å²) >= 11 is 0. The number of primary amides is 1. The maximum atomic E-state index is 13.8. The molecule has 2 unspecified atom stereocenters. The quantitative estimate of drug-likeness (QED) is 0.462. The Labute approximate surface area is 217 Å². The van der Waals surface area contributed by atoms with Gasteiger partial charge in [-0.15, -0.1) is 0 Å². The molecule has 4 N–H and O–H groups in total. The number of carbonyl (C=O) groups excluding carboxylic acids is 5. The lowest BCUT2D eigenvalue weighted by molar-refractivity contribution is -0.181. The molecule has 1 heterocycles. The molecule has 2 fully saturated rings. The number of aromatic nitrogens is 1. The van der Waals surface area contributed by atoms with Gasteiger partial charge in [0.05, 0.1) is 36.5 Å². The van der Waals surface area contributed by atoms with E-state index in [1.807, 2.05) is 0 Å². The van der Waals surface area contributed by atoms with Crippen LogP contribution >= 0.6 is 0 Å². The molecular weight excluding hydrogens is 494 g/mol. The second kappa shape index (κ2) is 8.81. The van der Waals surface area contributed by atoms with Crippen LogP contribution in [-0.2, 0) is 25.6 Å². The molecule has 0 bridgehead atoms. The number of likely N-dealkylation sites (N-methyl/N-ethyl adjacent to an activating group) is 1. The molecule has 6 atom stereocenters. The summed E-state index contributed by atoms with van der Waals surface area (Å²) in [5.41, 5.74) is 4.09. The van der Waals surface area contributed by atoms with Gasteiger partial charge in [0, 0.05) is 11.5 Å². The van der Waals surface area contributed by atoms with Crippen LogP contribution < -0.4 is 10.5 Å². The highest BCUT2D eigenvalue weighted by atomic mass is 16.5. The van der Waals surface area contributed by atoms with Crippen molar-refractivity contribution in [1.29, 1.82) is 0 Å². The summed E-state index contributed by atoms with van der Waals surface area (Å²) in [5, 5.41) is 22.3. The number of aromatic hydroxyl groups is 1. The molecule has 198 valence electrons. The number of ether oxygens (including phenoxy) is 1. The van der Waals surface area contributed by atoms with Crippen LogP contribution in [0.2, 0.25) is 0 Å². The van der Waals surface area contributed by atoms with E-state index in [9.17, 15) is 34.2 Å². The second-order valence-corrected chi connectivity index (χ2v) is 10.4. The largest absolute Gasteiger partial charge is 0.507 e. The molecule has 5 rings (SSSR count). The van der Waals surface area contributed by atoms with Crippen molar-refractivity contribution in [3.05, 3.63) is 41.6 Å². The number of hydrogen-bond acceptors (Lipinski definition) is 10. The number of fused-ring (bicyclic) bond motifs is 3. The van der Waals surface area contributed by atoms with Gasteiger partial charge in [-0.3, -0.25) is 33.9 Å². The Morgan fingerprint density at radius 3 is 2.42 bits per heavy atom. The number of amides is 1. The summed E-state index contributed by atoms with van der Waals surface area (Å²) in [6, 6.07) is 5.22. The molecular formula is C27H27N3O8. The Balaban J connectivity index is 1.64. The zero-order valence-corrected chi connectivity index (χ0v) is 21.0. The topological polar surface area (TPSA) is 177 Å². The third-order valence-electron chi connectivity index (χ3n) is 8.19. The maximum Gasteiger partial charge on any atom is 0.235 e. The van der Waals surface area contributed by atoms with E-state index in [0.29, 0.717) is 22.6 Å². The van der Waals surface area contributed by atoms with Crippen molar-refractivity contribution in [2.45, 2.75) is 24.5 Å². The predicted molar refractivity (Wildman–Crippen MR) is 131 cm³/mol. The molecule has 1 aromatic carbocycles. The van der Waals surface area contributed by atoms with Crippen molar-refractivity contribution < 1.29 is 38.9 Å². The molecule has 0 spiro atoms. The minimum Gasteiger partial charge on any atom is -0.507 e. The standard InChI is InChI=1S/C27H27N3O8/c1-30(2)21-15-9-11-8-14-13(16-6-4-12(38-3)10-29-16)5-7-17(31)19(14)22(32)18(11)24(34)27(15,37)25(35)20(23(21)33)26(28)36/h4-7,10-11,15,18,20-21,31,37H,8-9H2,1-3H3,(H2,28,36)/t11-,15-,18?,20?,21-,27-/m0/s1. The summed E-state index contributed by atoms with van der Waals surface area (Å²) in [4.78, 5) is 72.0. The molecule has 1 aromatic heterocycles. The van der Waals surface area contributed by atoms with Crippen molar-refractivity contribution in [3.63, 3.8) is 0 Å². The Morgan fingerprint density at radius 2 is 1.84 bits per heavy atom. The number of nitrogens with two attached hydrogens (primary N) is 1. The number of aliphatic hydroxyl groups is 1. The zero-order chi connectivity index (χ0) is 27.7. The minimum atomic E-state index is -2.75. The first-order valence-electron chi connectivity index (χ1n) is 12.1. The van der Waals surface area contributed by atoms with Crippen molar-refractivity contribution in [2.75, 3.05) is 21.2 Å². The zero-order valence-electron chi connectivity index (χ0n) is 21.0. The lowest BCUT2D eigenvalue weighted by Gasteiger charge is -2.52.